The van der Waals surface area contributed by atoms with E-state index in [1.54, 1.807) is 0 Å². The number of hydrogen-bond acceptors (Lipinski definition) is 1. The van der Waals surface area contributed by atoms with E-state index >= 15 is 0 Å². The molecule has 1 nitrogen and oxygen atoms in total. The van der Waals surface area contributed by atoms with E-state index in [0.29, 0.717) is 0 Å². The van der Waals surface area contributed by atoms with Gasteiger partial charge in [-0.25, -0.2) is 0 Å². The predicted octanol–water partition coefficient (Wildman–Crippen LogP) is 7.54. The molecule has 0 radical (unpaired) electrons. The summed E-state index contributed by atoms with van der Waals surface area (Å²) in [7, 11) is 0. The van der Waals surface area contributed by atoms with E-state index in [-0.39, 0.29) is 5.54 Å². The smallest absolute Gasteiger partial charge is 0.0597 e. The van der Waals surface area contributed by atoms with Gasteiger partial charge in [-0.1, -0.05) is 107 Å². The molecule has 0 saturated heterocycles. The van der Waals surface area contributed by atoms with Crippen molar-refractivity contribution < 1.29 is 0 Å². The summed E-state index contributed by atoms with van der Waals surface area (Å²) in [6, 6.07) is 21.5. The zero-order valence-electron chi connectivity index (χ0n) is 16.1. The maximum atomic E-state index is 3.79. The minimum Gasteiger partial charge on any atom is -0.376 e. The van der Waals surface area contributed by atoms with Crippen LogP contribution in [-0.2, 0) is 5.54 Å². The summed E-state index contributed by atoms with van der Waals surface area (Å²) in [5.41, 5.74) is 2.57. The molecular weight excluding hydrogens is 302 g/mol. The van der Waals surface area contributed by atoms with Gasteiger partial charge in [-0.3, -0.25) is 0 Å². The lowest BCUT2D eigenvalue weighted by Gasteiger charge is -2.33. The second kappa shape index (κ2) is 11.0. The van der Waals surface area contributed by atoms with Gasteiger partial charge in [0.15, 0.2) is 0 Å². The third-order valence-electron chi connectivity index (χ3n) is 5.14. The zero-order valence-corrected chi connectivity index (χ0v) is 16.1. The lowest BCUT2D eigenvalue weighted by molar-refractivity contribution is 0.453. The fourth-order valence-corrected chi connectivity index (χ4v) is 3.54. The van der Waals surface area contributed by atoms with E-state index in [9.17, 15) is 0 Å². The number of para-hydroxylation sites is 1. The van der Waals surface area contributed by atoms with Crippen LogP contribution in [0.25, 0.3) is 0 Å². The average Bonchev–Trinajstić information content (AvgIpc) is 2.65. The molecule has 0 aliphatic rings. The standard InChI is InChI=1S/C24H35N/c1-3-4-5-6-7-8-9-16-21-24(2,22-17-12-10-13-18-22)25-23-19-14-11-15-20-23/h10-15,17-20,25H,3-9,16,21H2,1-2H3/t24-/m0/s1. The molecule has 2 aromatic carbocycles. The van der Waals surface area contributed by atoms with Gasteiger partial charge in [0.25, 0.3) is 0 Å². The first kappa shape index (κ1) is 19.6. The third-order valence-corrected chi connectivity index (χ3v) is 5.14. The Bertz CT molecular complexity index is 563. The molecule has 0 heterocycles. The Labute approximate surface area is 154 Å². The summed E-state index contributed by atoms with van der Waals surface area (Å²) in [4.78, 5) is 0. The van der Waals surface area contributed by atoms with E-state index in [2.05, 4.69) is 79.8 Å². The van der Waals surface area contributed by atoms with Crippen molar-refractivity contribution in [3.8, 4) is 0 Å². The van der Waals surface area contributed by atoms with Crippen molar-refractivity contribution in [1.82, 2.24) is 0 Å². The summed E-state index contributed by atoms with van der Waals surface area (Å²) >= 11 is 0. The maximum Gasteiger partial charge on any atom is 0.0597 e. The van der Waals surface area contributed by atoms with E-state index in [4.69, 9.17) is 0 Å². The van der Waals surface area contributed by atoms with Gasteiger partial charge < -0.3 is 5.32 Å². The van der Waals surface area contributed by atoms with Crippen molar-refractivity contribution in [2.75, 3.05) is 5.32 Å². The average molecular weight is 338 g/mol. The van der Waals surface area contributed by atoms with E-state index in [1.165, 1.54) is 69.0 Å². The Kier molecular flexibility index (Phi) is 8.59. The Hall–Kier alpha value is -1.76. The van der Waals surface area contributed by atoms with Crippen LogP contribution >= 0.6 is 0 Å². The van der Waals surface area contributed by atoms with Gasteiger partial charge in [-0.15, -0.1) is 0 Å². The molecule has 25 heavy (non-hydrogen) atoms. The quantitative estimate of drug-likeness (QED) is 0.394. The van der Waals surface area contributed by atoms with Crippen LogP contribution in [0, 0.1) is 0 Å². The van der Waals surface area contributed by atoms with Crippen molar-refractivity contribution in [2.24, 2.45) is 0 Å². The van der Waals surface area contributed by atoms with Crippen LogP contribution in [0.4, 0.5) is 5.69 Å². The summed E-state index contributed by atoms with van der Waals surface area (Å²) in [6.45, 7) is 4.63. The van der Waals surface area contributed by atoms with Crippen LogP contribution < -0.4 is 5.32 Å². The lowest BCUT2D eigenvalue weighted by Crippen LogP contribution is -2.31. The van der Waals surface area contributed by atoms with Gasteiger partial charge in [-0.05, 0) is 31.0 Å². The zero-order chi connectivity index (χ0) is 17.8. The number of nitrogens with one attached hydrogen (secondary N) is 1. The minimum absolute atomic E-state index is 0.00910. The summed E-state index contributed by atoms with van der Waals surface area (Å²) in [5, 5.41) is 3.79. The summed E-state index contributed by atoms with van der Waals surface area (Å²) < 4.78 is 0. The van der Waals surface area contributed by atoms with Gasteiger partial charge in [0.2, 0.25) is 0 Å². The normalized spacial score (nSPS) is 13.4. The Morgan fingerprint density at radius 1 is 0.680 bits per heavy atom. The van der Waals surface area contributed by atoms with Gasteiger partial charge in [-0.2, -0.15) is 0 Å². The fraction of sp³-hybridized carbons (Fsp3) is 0.500. The second-order valence-electron chi connectivity index (χ2n) is 7.41. The van der Waals surface area contributed by atoms with Gasteiger partial charge in [0, 0.05) is 5.69 Å². The molecule has 0 saturated carbocycles. The van der Waals surface area contributed by atoms with Crippen LogP contribution in [-0.4, -0.2) is 0 Å². The topological polar surface area (TPSA) is 12.0 Å². The van der Waals surface area contributed by atoms with E-state index in [1.807, 2.05) is 0 Å². The first-order valence-electron chi connectivity index (χ1n) is 10.1. The first-order chi connectivity index (χ1) is 12.2. The van der Waals surface area contributed by atoms with E-state index in [0.717, 1.165) is 0 Å². The van der Waals surface area contributed by atoms with Crippen molar-refractivity contribution in [3.05, 3.63) is 66.2 Å². The molecular formula is C24H35N. The van der Waals surface area contributed by atoms with Crippen molar-refractivity contribution in [3.63, 3.8) is 0 Å². The number of hydrogen-bond donors (Lipinski definition) is 1. The molecule has 0 bridgehead atoms. The SMILES string of the molecule is CCCCCCCCCC[C@](C)(Nc1ccccc1)c1ccccc1. The highest BCUT2D eigenvalue weighted by Crippen LogP contribution is 2.31. The largest absolute Gasteiger partial charge is 0.376 e. The Morgan fingerprint density at radius 2 is 1.20 bits per heavy atom. The van der Waals surface area contributed by atoms with Crippen molar-refractivity contribution in [1.29, 1.82) is 0 Å². The number of unbranched alkanes of at least 4 members (excludes halogenated alkanes) is 7. The lowest BCUT2D eigenvalue weighted by atomic mass is 9.86. The summed E-state index contributed by atoms with van der Waals surface area (Å²) in [6.07, 6.45) is 12.1. The molecule has 0 fully saturated rings. The highest BCUT2D eigenvalue weighted by Gasteiger charge is 2.25. The summed E-state index contributed by atoms with van der Waals surface area (Å²) in [5.74, 6) is 0. The molecule has 0 aromatic heterocycles. The molecule has 2 aromatic rings. The molecule has 0 amide bonds. The molecule has 0 unspecified atom stereocenters. The maximum absolute atomic E-state index is 3.79. The molecule has 0 aliphatic carbocycles. The monoisotopic (exact) mass is 337 g/mol. The third kappa shape index (κ3) is 6.94. The molecule has 136 valence electrons. The number of benzene rings is 2. The minimum atomic E-state index is -0.00910. The molecule has 1 heteroatoms. The Balaban J connectivity index is 1.87. The van der Waals surface area contributed by atoms with Gasteiger partial charge in [0.1, 0.15) is 0 Å². The number of anilines is 1. The molecule has 0 spiro atoms. The van der Waals surface area contributed by atoms with Crippen molar-refractivity contribution in [2.45, 2.75) is 77.2 Å². The van der Waals surface area contributed by atoms with E-state index < -0.39 is 0 Å². The Morgan fingerprint density at radius 3 is 1.80 bits per heavy atom. The molecule has 0 aliphatic heterocycles. The number of rotatable bonds is 12. The van der Waals surface area contributed by atoms with Crippen molar-refractivity contribution >= 4 is 5.69 Å². The van der Waals surface area contributed by atoms with Crippen LogP contribution in [0.3, 0.4) is 0 Å². The fourth-order valence-electron chi connectivity index (χ4n) is 3.54. The van der Waals surface area contributed by atoms with Crippen LogP contribution in [0.2, 0.25) is 0 Å². The highest BCUT2D eigenvalue weighted by molar-refractivity contribution is 5.47. The predicted molar refractivity (Wildman–Crippen MR) is 111 cm³/mol. The van der Waals surface area contributed by atoms with Gasteiger partial charge in [0.05, 0.1) is 5.54 Å². The van der Waals surface area contributed by atoms with Gasteiger partial charge >= 0.3 is 0 Å². The highest BCUT2D eigenvalue weighted by atomic mass is 15.0. The second-order valence-corrected chi connectivity index (χ2v) is 7.41. The molecule has 1 N–H and O–H groups in total. The molecule has 2 rings (SSSR count). The van der Waals surface area contributed by atoms with Crippen LogP contribution in [0.15, 0.2) is 60.7 Å². The van der Waals surface area contributed by atoms with Crippen LogP contribution in [0.5, 0.6) is 0 Å². The molecule has 1 atom stereocenters. The first-order valence-corrected chi connectivity index (χ1v) is 10.1. The van der Waals surface area contributed by atoms with Crippen LogP contribution in [0.1, 0.15) is 77.2 Å².